The molecule has 0 amide bonds. The van der Waals surface area contributed by atoms with Crippen LogP contribution >= 0.6 is 0 Å². The molecule has 0 rings (SSSR count). The molecule has 0 bridgehead atoms. The van der Waals surface area contributed by atoms with Gasteiger partial charge in [0.15, 0.2) is 0 Å². The summed E-state index contributed by atoms with van der Waals surface area (Å²) in [5, 5.41) is 0. The molecule has 62 valence electrons. The first-order valence-electron chi connectivity index (χ1n) is 2.27. The molecule has 0 saturated carbocycles. The summed E-state index contributed by atoms with van der Waals surface area (Å²) in [7, 11) is -5.50. The van der Waals surface area contributed by atoms with Crippen LogP contribution in [0.2, 0.25) is 0 Å². The Labute approximate surface area is 60.1 Å². The second-order valence-electron chi connectivity index (χ2n) is 1.27. The molecule has 2 nitrogen and oxygen atoms in total. The fraction of sp³-hybridized carbons (Fsp3) is 1.00. The molecule has 2 atom stereocenters. The van der Waals surface area contributed by atoms with Gasteiger partial charge in [0.1, 0.15) is 9.83 Å². The van der Waals surface area contributed by atoms with E-state index in [1.54, 1.807) is 0 Å². The molecule has 0 aliphatic heterocycles. The maximum Gasteiger partial charge on any atom is 0.483 e. The van der Waals surface area contributed by atoms with Gasteiger partial charge in [-0.25, -0.2) is 8.42 Å². The quantitative estimate of drug-likeness (QED) is 0.613. The van der Waals surface area contributed by atoms with Crippen molar-refractivity contribution in [1.82, 2.24) is 0 Å². The number of rotatable bonds is 2. The van der Waals surface area contributed by atoms with Crippen molar-refractivity contribution in [3.8, 4) is 0 Å². The summed E-state index contributed by atoms with van der Waals surface area (Å²) in [6.45, 7) is 1.28. The van der Waals surface area contributed by atoms with E-state index in [-0.39, 0.29) is 5.75 Å². The zero-order valence-electron chi connectivity index (χ0n) is 4.97. The third kappa shape index (κ3) is 2.78. The lowest BCUT2D eigenvalue weighted by Crippen LogP contribution is -2.20. The van der Waals surface area contributed by atoms with Crippen LogP contribution in [0.3, 0.4) is 0 Å². The molecular weight excluding hydrogens is 189 g/mol. The lowest BCUT2D eigenvalue weighted by molar-refractivity contribution is -0.0364. The van der Waals surface area contributed by atoms with Gasteiger partial charge in [-0.2, -0.15) is 13.2 Å². The number of alkyl halides is 3. The van der Waals surface area contributed by atoms with Gasteiger partial charge in [0.25, 0.3) is 0 Å². The van der Waals surface area contributed by atoms with Crippen LogP contribution in [0.25, 0.3) is 0 Å². The van der Waals surface area contributed by atoms with E-state index in [9.17, 15) is 21.6 Å². The van der Waals surface area contributed by atoms with E-state index in [1.807, 2.05) is 0 Å². The zero-order valence-corrected chi connectivity index (χ0v) is 6.61. The van der Waals surface area contributed by atoms with E-state index in [0.29, 0.717) is 0 Å². The Morgan fingerprint density at radius 2 is 1.70 bits per heavy atom. The normalized spacial score (nSPS) is 18.4. The van der Waals surface area contributed by atoms with Gasteiger partial charge >= 0.3 is 5.51 Å². The van der Waals surface area contributed by atoms with Crippen LogP contribution in [0.1, 0.15) is 6.92 Å². The Morgan fingerprint density at radius 1 is 1.30 bits per heavy atom. The first kappa shape index (κ1) is 10.1. The van der Waals surface area contributed by atoms with Crippen LogP contribution < -0.4 is 0 Å². The Bertz CT molecular complexity index is 164. The van der Waals surface area contributed by atoms with Crippen LogP contribution in [0, 0.1) is 0 Å². The summed E-state index contributed by atoms with van der Waals surface area (Å²) in [5.74, 6) is -0.244. The average Bonchev–Trinajstić information content (AvgIpc) is 1.83. The molecule has 0 fully saturated rings. The van der Waals surface area contributed by atoms with Crippen molar-refractivity contribution in [2.75, 3.05) is 5.75 Å². The molecular formula is C3H5F3O2S2. The predicted octanol–water partition coefficient (Wildman–Crippen LogP) is 0.939. The highest BCUT2D eigenvalue weighted by Crippen LogP contribution is 2.22. The lowest BCUT2D eigenvalue weighted by Gasteiger charge is -2.02. The van der Waals surface area contributed by atoms with Crippen LogP contribution in [-0.2, 0) is 19.7 Å². The van der Waals surface area contributed by atoms with Crippen molar-refractivity contribution in [2.24, 2.45) is 0 Å². The summed E-state index contributed by atoms with van der Waals surface area (Å²) >= 11 is 0. The van der Waals surface area contributed by atoms with Crippen molar-refractivity contribution >= 4 is 19.7 Å². The molecule has 0 radical (unpaired) electrons. The molecule has 0 spiro atoms. The van der Waals surface area contributed by atoms with Crippen molar-refractivity contribution < 1.29 is 21.6 Å². The Balaban J connectivity index is 4.24. The van der Waals surface area contributed by atoms with E-state index in [1.165, 1.54) is 6.92 Å². The van der Waals surface area contributed by atoms with Crippen molar-refractivity contribution in [3.05, 3.63) is 0 Å². The highest BCUT2D eigenvalue weighted by atomic mass is 33.1. The maximum atomic E-state index is 11.4. The predicted molar refractivity (Wildman–Crippen MR) is 32.9 cm³/mol. The van der Waals surface area contributed by atoms with Gasteiger partial charge < -0.3 is 0 Å². The van der Waals surface area contributed by atoms with Gasteiger partial charge in [0, 0.05) is 5.75 Å². The maximum absolute atomic E-state index is 11.4. The number of halogens is 3. The molecule has 0 saturated heterocycles. The van der Waals surface area contributed by atoms with Crippen LogP contribution in [0.5, 0.6) is 0 Å². The molecule has 0 aromatic rings. The second-order valence-corrected chi connectivity index (χ2v) is 5.41. The van der Waals surface area contributed by atoms with Gasteiger partial charge in [0.05, 0.1) is 0 Å². The third-order valence-corrected chi connectivity index (χ3v) is 4.07. The minimum absolute atomic E-state index is 0.244. The second kappa shape index (κ2) is 3.47. The smallest absolute Gasteiger partial charge is 0.245 e. The van der Waals surface area contributed by atoms with Crippen molar-refractivity contribution in [2.45, 2.75) is 12.4 Å². The molecule has 7 heteroatoms. The van der Waals surface area contributed by atoms with E-state index in [2.05, 4.69) is 0 Å². The number of hydrogen-bond donors (Lipinski definition) is 0. The third-order valence-electron chi connectivity index (χ3n) is 0.594. The Hall–Kier alpha value is 0.0900. The standard InChI is InChI=1S/C3H5F3O2S2/c1-2-9(7)10(8)3(4,5)6/h2H2,1H3. The summed E-state index contributed by atoms with van der Waals surface area (Å²) < 4.78 is 54.5. The Kier molecular flexibility index (Phi) is 3.50. The molecule has 10 heavy (non-hydrogen) atoms. The first-order valence-corrected chi connectivity index (χ1v) is 5.25. The lowest BCUT2D eigenvalue weighted by atomic mass is 11.0. The summed E-state index contributed by atoms with van der Waals surface area (Å²) in [4.78, 5) is 0. The van der Waals surface area contributed by atoms with E-state index in [0.717, 1.165) is 0 Å². The van der Waals surface area contributed by atoms with E-state index < -0.39 is 25.2 Å². The summed E-state index contributed by atoms with van der Waals surface area (Å²) in [5.41, 5.74) is -4.85. The summed E-state index contributed by atoms with van der Waals surface area (Å²) in [6.07, 6.45) is 0. The highest BCUT2D eigenvalue weighted by molar-refractivity contribution is 8.61. The zero-order chi connectivity index (χ0) is 8.36. The van der Waals surface area contributed by atoms with Gasteiger partial charge in [-0.3, -0.25) is 0 Å². The molecule has 0 N–H and O–H groups in total. The van der Waals surface area contributed by atoms with E-state index >= 15 is 0 Å². The molecule has 0 heterocycles. The summed E-state index contributed by atoms with van der Waals surface area (Å²) in [6, 6.07) is 0. The topological polar surface area (TPSA) is 34.1 Å². The van der Waals surface area contributed by atoms with Crippen LogP contribution in [0.15, 0.2) is 0 Å². The van der Waals surface area contributed by atoms with Crippen LogP contribution in [0.4, 0.5) is 13.2 Å². The highest BCUT2D eigenvalue weighted by Gasteiger charge is 2.40. The number of hydrogen-bond acceptors (Lipinski definition) is 2. The van der Waals surface area contributed by atoms with E-state index in [4.69, 9.17) is 0 Å². The van der Waals surface area contributed by atoms with Gasteiger partial charge in [-0.15, -0.1) is 0 Å². The van der Waals surface area contributed by atoms with Crippen molar-refractivity contribution in [3.63, 3.8) is 0 Å². The van der Waals surface area contributed by atoms with Gasteiger partial charge in [0.2, 0.25) is 9.83 Å². The monoisotopic (exact) mass is 194 g/mol. The van der Waals surface area contributed by atoms with Crippen molar-refractivity contribution in [1.29, 1.82) is 0 Å². The SMILES string of the molecule is CCS(=O)S(=O)C(F)(F)F. The fourth-order valence-electron chi connectivity index (χ4n) is 0.212. The van der Waals surface area contributed by atoms with Crippen LogP contribution in [-0.4, -0.2) is 19.7 Å². The Morgan fingerprint density at radius 3 is 1.80 bits per heavy atom. The minimum Gasteiger partial charge on any atom is -0.245 e. The molecule has 0 aliphatic carbocycles. The largest absolute Gasteiger partial charge is 0.483 e. The van der Waals surface area contributed by atoms with Gasteiger partial charge in [-0.05, 0) is 0 Å². The minimum atomic E-state index is -4.85. The molecule has 2 unspecified atom stereocenters. The molecule has 0 aromatic carbocycles. The fourth-order valence-corrected chi connectivity index (χ4v) is 1.91. The first-order chi connectivity index (χ1) is 4.39. The van der Waals surface area contributed by atoms with Gasteiger partial charge in [-0.1, -0.05) is 6.92 Å². The average molecular weight is 194 g/mol. The molecule has 0 aromatic heterocycles. The molecule has 0 aliphatic rings.